The van der Waals surface area contributed by atoms with Gasteiger partial charge in [-0.3, -0.25) is 0 Å². The van der Waals surface area contributed by atoms with Gasteiger partial charge in [-0.15, -0.1) is 0 Å². The fourth-order valence-electron chi connectivity index (χ4n) is 2.41. The molecule has 0 spiro atoms. The maximum absolute atomic E-state index is 6.22. The minimum absolute atomic E-state index is 0.535. The summed E-state index contributed by atoms with van der Waals surface area (Å²) in [6.45, 7) is 3.06. The summed E-state index contributed by atoms with van der Waals surface area (Å²) < 4.78 is 21.9. The zero-order chi connectivity index (χ0) is 16.8. The molecule has 0 amide bonds. The van der Waals surface area contributed by atoms with Crippen LogP contribution in [0.1, 0.15) is 5.56 Å². The molecular weight excluding hydrogens is 330 g/mol. The second-order valence-electron chi connectivity index (χ2n) is 5.30. The molecule has 2 aromatic carbocycles. The van der Waals surface area contributed by atoms with Crippen LogP contribution in [0.25, 0.3) is 0 Å². The van der Waals surface area contributed by atoms with Crippen molar-refractivity contribution in [1.82, 2.24) is 5.32 Å². The lowest BCUT2D eigenvalue weighted by molar-refractivity contribution is 0.171. The van der Waals surface area contributed by atoms with Crippen molar-refractivity contribution in [2.45, 2.75) is 6.54 Å². The van der Waals surface area contributed by atoms with E-state index < -0.39 is 0 Å². The molecule has 0 bridgehead atoms. The van der Waals surface area contributed by atoms with Crippen molar-refractivity contribution < 1.29 is 18.9 Å². The summed E-state index contributed by atoms with van der Waals surface area (Å²) in [4.78, 5) is 0. The molecule has 5 nitrogen and oxygen atoms in total. The number of rotatable bonds is 7. The Labute approximate surface area is 146 Å². The van der Waals surface area contributed by atoms with E-state index in [1.54, 1.807) is 7.11 Å². The van der Waals surface area contributed by atoms with Crippen LogP contribution in [0.5, 0.6) is 23.0 Å². The maximum Gasteiger partial charge on any atom is 0.179 e. The summed E-state index contributed by atoms with van der Waals surface area (Å²) in [5, 5.41) is 3.91. The number of nitrogens with one attached hydrogen (secondary N) is 1. The molecule has 1 aliphatic heterocycles. The Morgan fingerprint density at radius 1 is 1.08 bits per heavy atom. The molecule has 1 heterocycles. The topological polar surface area (TPSA) is 49.0 Å². The fourth-order valence-corrected chi connectivity index (χ4v) is 2.70. The third kappa shape index (κ3) is 4.24. The van der Waals surface area contributed by atoms with Gasteiger partial charge in [-0.2, -0.15) is 0 Å². The average Bonchev–Trinajstić information content (AvgIpc) is 2.62. The first kappa shape index (κ1) is 16.7. The Bertz CT molecular complexity index is 675. The summed E-state index contributed by atoms with van der Waals surface area (Å²) in [6, 6.07) is 11.4. The van der Waals surface area contributed by atoms with E-state index in [0.717, 1.165) is 23.6 Å². The molecule has 0 atom stereocenters. The van der Waals surface area contributed by atoms with E-state index in [2.05, 4.69) is 5.32 Å². The molecule has 1 aliphatic rings. The number of benzene rings is 2. The van der Waals surface area contributed by atoms with Gasteiger partial charge in [-0.1, -0.05) is 11.6 Å². The first-order valence-electron chi connectivity index (χ1n) is 7.82. The molecule has 0 unspecified atom stereocenters. The number of halogens is 1. The predicted octanol–water partition coefficient (Wildman–Crippen LogP) is 3.29. The van der Waals surface area contributed by atoms with Crippen LogP contribution in [0.4, 0.5) is 0 Å². The Hall–Kier alpha value is -2.11. The van der Waals surface area contributed by atoms with Crippen molar-refractivity contribution in [2.24, 2.45) is 0 Å². The molecule has 0 radical (unpaired) electrons. The highest BCUT2D eigenvalue weighted by molar-refractivity contribution is 6.32. The van der Waals surface area contributed by atoms with Crippen LogP contribution >= 0.6 is 11.6 Å². The van der Waals surface area contributed by atoms with Gasteiger partial charge in [-0.05, 0) is 42.0 Å². The van der Waals surface area contributed by atoms with E-state index >= 15 is 0 Å². The number of hydrogen-bond acceptors (Lipinski definition) is 5. The lowest BCUT2D eigenvalue weighted by Crippen LogP contribution is -2.21. The normalized spacial score (nSPS) is 12.8. The lowest BCUT2D eigenvalue weighted by Gasteiger charge is -2.20. The van der Waals surface area contributed by atoms with Crippen molar-refractivity contribution in [3.05, 3.63) is 47.0 Å². The van der Waals surface area contributed by atoms with Crippen molar-refractivity contribution in [3.8, 4) is 23.0 Å². The molecule has 24 heavy (non-hydrogen) atoms. The Kier molecular flexibility index (Phi) is 5.67. The Morgan fingerprint density at radius 3 is 2.62 bits per heavy atom. The second-order valence-corrected chi connectivity index (χ2v) is 5.71. The second kappa shape index (κ2) is 8.13. The molecule has 6 heteroatoms. The fraction of sp³-hybridized carbons (Fsp3) is 0.333. The minimum Gasteiger partial charge on any atom is -0.497 e. The number of hydrogen-bond donors (Lipinski definition) is 1. The SMILES string of the molecule is COc1ccc(OCCNCc2cc(Cl)c3c(c2)OCCO3)cc1. The van der Waals surface area contributed by atoms with Gasteiger partial charge in [-0.25, -0.2) is 0 Å². The van der Waals surface area contributed by atoms with Gasteiger partial charge < -0.3 is 24.3 Å². The van der Waals surface area contributed by atoms with Crippen LogP contribution < -0.4 is 24.3 Å². The van der Waals surface area contributed by atoms with E-state index in [0.29, 0.717) is 42.9 Å². The molecule has 1 N–H and O–H groups in total. The van der Waals surface area contributed by atoms with Crippen LogP contribution in [-0.2, 0) is 6.54 Å². The van der Waals surface area contributed by atoms with E-state index in [-0.39, 0.29) is 0 Å². The van der Waals surface area contributed by atoms with Gasteiger partial charge in [0.15, 0.2) is 11.5 Å². The minimum atomic E-state index is 0.535. The summed E-state index contributed by atoms with van der Waals surface area (Å²) >= 11 is 6.22. The predicted molar refractivity (Wildman–Crippen MR) is 92.6 cm³/mol. The number of ether oxygens (including phenoxy) is 4. The summed E-state index contributed by atoms with van der Waals surface area (Å²) in [5.74, 6) is 2.98. The van der Waals surface area contributed by atoms with Crippen LogP contribution in [0.3, 0.4) is 0 Å². The molecule has 0 fully saturated rings. The third-order valence-corrected chi connectivity index (χ3v) is 3.87. The van der Waals surface area contributed by atoms with Crippen molar-refractivity contribution >= 4 is 11.6 Å². The maximum atomic E-state index is 6.22. The van der Waals surface area contributed by atoms with Gasteiger partial charge in [0, 0.05) is 13.1 Å². The highest BCUT2D eigenvalue weighted by Crippen LogP contribution is 2.38. The average molecular weight is 350 g/mol. The van der Waals surface area contributed by atoms with Crippen LogP contribution in [-0.4, -0.2) is 33.5 Å². The summed E-state index contributed by atoms with van der Waals surface area (Å²) in [7, 11) is 1.64. The lowest BCUT2D eigenvalue weighted by atomic mass is 10.2. The molecule has 0 aliphatic carbocycles. The first-order chi connectivity index (χ1) is 11.8. The monoisotopic (exact) mass is 349 g/mol. The highest BCUT2D eigenvalue weighted by Gasteiger charge is 2.16. The molecule has 128 valence electrons. The third-order valence-electron chi connectivity index (χ3n) is 3.59. The highest BCUT2D eigenvalue weighted by atomic mass is 35.5. The van der Waals surface area contributed by atoms with Crippen molar-refractivity contribution in [3.63, 3.8) is 0 Å². The largest absolute Gasteiger partial charge is 0.497 e. The van der Waals surface area contributed by atoms with E-state index in [9.17, 15) is 0 Å². The summed E-state index contributed by atoms with van der Waals surface area (Å²) in [5.41, 5.74) is 1.05. The van der Waals surface area contributed by atoms with Gasteiger partial charge in [0.2, 0.25) is 0 Å². The van der Waals surface area contributed by atoms with Crippen molar-refractivity contribution in [1.29, 1.82) is 0 Å². The molecule has 0 aromatic heterocycles. The molecule has 2 aromatic rings. The van der Waals surface area contributed by atoms with Crippen LogP contribution in [0, 0.1) is 0 Å². The number of methoxy groups -OCH3 is 1. The number of fused-ring (bicyclic) bond motifs is 1. The van der Waals surface area contributed by atoms with Crippen molar-refractivity contribution in [2.75, 3.05) is 33.5 Å². The Balaban J connectivity index is 1.44. The zero-order valence-electron chi connectivity index (χ0n) is 13.5. The quantitative estimate of drug-likeness (QED) is 0.777. The van der Waals surface area contributed by atoms with Gasteiger partial charge >= 0.3 is 0 Å². The van der Waals surface area contributed by atoms with Gasteiger partial charge in [0.05, 0.1) is 12.1 Å². The molecular formula is C18H20ClNO4. The standard InChI is InChI=1S/C18H20ClNO4/c1-21-14-2-4-15(5-3-14)22-7-6-20-12-13-10-16(19)18-17(11-13)23-8-9-24-18/h2-5,10-11,20H,6-9,12H2,1H3. The zero-order valence-corrected chi connectivity index (χ0v) is 14.3. The van der Waals surface area contributed by atoms with E-state index in [4.69, 9.17) is 30.5 Å². The molecule has 0 saturated heterocycles. The smallest absolute Gasteiger partial charge is 0.179 e. The van der Waals surface area contributed by atoms with E-state index in [1.807, 2.05) is 36.4 Å². The van der Waals surface area contributed by atoms with Gasteiger partial charge in [0.1, 0.15) is 31.3 Å². The van der Waals surface area contributed by atoms with Crippen LogP contribution in [0.15, 0.2) is 36.4 Å². The summed E-state index contributed by atoms with van der Waals surface area (Å²) in [6.07, 6.45) is 0. The molecule has 3 rings (SSSR count). The molecule has 0 saturated carbocycles. The van der Waals surface area contributed by atoms with Gasteiger partial charge in [0.25, 0.3) is 0 Å². The van der Waals surface area contributed by atoms with Crippen LogP contribution in [0.2, 0.25) is 5.02 Å². The van der Waals surface area contributed by atoms with E-state index in [1.165, 1.54) is 0 Å². The Morgan fingerprint density at radius 2 is 1.83 bits per heavy atom. The first-order valence-corrected chi connectivity index (χ1v) is 8.19.